The van der Waals surface area contributed by atoms with E-state index in [0.29, 0.717) is 0 Å². The van der Waals surface area contributed by atoms with Gasteiger partial charge in [0.2, 0.25) is 0 Å². The van der Waals surface area contributed by atoms with Gasteiger partial charge in [0.05, 0.1) is 5.69 Å². The van der Waals surface area contributed by atoms with Crippen LogP contribution in [-0.2, 0) is 10.8 Å². The zero-order valence-electron chi connectivity index (χ0n) is 30.9. The highest BCUT2D eigenvalue weighted by molar-refractivity contribution is 6.14. The molecule has 0 unspecified atom stereocenters. The lowest BCUT2D eigenvalue weighted by Crippen LogP contribution is -2.18. The van der Waals surface area contributed by atoms with Crippen molar-refractivity contribution in [2.45, 2.75) is 38.5 Å². The van der Waals surface area contributed by atoms with Gasteiger partial charge in [-0.25, -0.2) is 0 Å². The van der Waals surface area contributed by atoms with Crippen molar-refractivity contribution < 1.29 is 4.42 Å². The minimum Gasteiger partial charge on any atom is -0.455 e. The van der Waals surface area contributed by atoms with E-state index in [1.54, 1.807) is 0 Å². The highest BCUT2D eigenvalue weighted by Gasteiger charge is 2.38. The van der Waals surface area contributed by atoms with Crippen LogP contribution in [0.1, 0.15) is 49.9 Å². The topological polar surface area (TPSA) is 16.4 Å². The molecule has 0 aliphatic heterocycles. The van der Waals surface area contributed by atoms with Crippen LogP contribution in [0.15, 0.2) is 168 Å². The van der Waals surface area contributed by atoms with E-state index >= 15 is 0 Å². The Hall–Kier alpha value is -6.38. The Bertz CT molecular complexity index is 2910. The summed E-state index contributed by atoms with van der Waals surface area (Å²) in [6, 6.07) is 60.4. The lowest BCUT2D eigenvalue weighted by atomic mass is 9.82. The molecule has 0 bridgehead atoms. The predicted molar refractivity (Wildman–Crippen MR) is 226 cm³/mol. The molecule has 0 spiro atoms. The van der Waals surface area contributed by atoms with Crippen molar-refractivity contribution in [3.63, 3.8) is 0 Å². The third kappa shape index (κ3) is 4.28. The van der Waals surface area contributed by atoms with Gasteiger partial charge in [-0.1, -0.05) is 149 Å². The molecule has 258 valence electrons. The number of para-hydroxylation sites is 2. The van der Waals surface area contributed by atoms with Gasteiger partial charge in [-0.05, 0) is 97.7 Å². The van der Waals surface area contributed by atoms with E-state index in [1.165, 1.54) is 55.3 Å². The average molecular weight is 694 g/mol. The molecule has 2 aliphatic carbocycles. The lowest BCUT2D eigenvalue weighted by Gasteiger charge is -2.31. The zero-order valence-corrected chi connectivity index (χ0v) is 30.9. The summed E-state index contributed by atoms with van der Waals surface area (Å²) in [7, 11) is 0. The second-order valence-electron chi connectivity index (χ2n) is 16.1. The van der Waals surface area contributed by atoms with Crippen molar-refractivity contribution in [3.8, 4) is 33.4 Å². The van der Waals surface area contributed by atoms with Crippen molar-refractivity contribution in [2.24, 2.45) is 0 Å². The Morgan fingerprint density at radius 1 is 0.389 bits per heavy atom. The molecular formula is C52H39NO. The number of nitrogens with zero attached hydrogens (tertiary/aromatic N) is 1. The molecule has 8 aromatic carbocycles. The highest BCUT2D eigenvalue weighted by Crippen LogP contribution is 2.54. The lowest BCUT2D eigenvalue weighted by molar-refractivity contribution is 0.660. The quantitative estimate of drug-likeness (QED) is 0.182. The van der Waals surface area contributed by atoms with E-state index in [-0.39, 0.29) is 10.8 Å². The van der Waals surface area contributed by atoms with Crippen LogP contribution in [0.25, 0.3) is 66.1 Å². The van der Waals surface area contributed by atoms with E-state index in [1.807, 2.05) is 0 Å². The first-order chi connectivity index (χ1) is 26.3. The Labute approximate surface area is 315 Å². The molecule has 2 aliphatic rings. The summed E-state index contributed by atoms with van der Waals surface area (Å²) in [4.78, 5) is 2.48. The summed E-state index contributed by atoms with van der Waals surface area (Å²) in [6.45, 7) is 9.45. The van der Waals surface area contributed by atoms with Gasteiger partial charge in [0.1, 0.15) is 11.2 Å². The Morgan fingerprint density at radius 3 is 1.52 bits per heavy atom. The molecule has 9 aromatic rings. The van der Waals surface area contributed by atoms with E-state index in [9.17, 15) is 0 Å². The fourth-order valence-corrected chi connectivity index (χ4v) is 9.68. The fraction of sp³-hybridized carbons (Fsp3) is 0.115. The summed E-state index contributed by atoms with van der Waals surface area (Å²) < 4.78 is 6.82. The third-order valence-corrected chi connectivity index (χ3v) is 12.5. The maximum atomic E-state index is 6.82. The molecule has 0 atom stereocenters. The van der Waals surface area contributed by atoms with Crippen molar-refractivity contribution in [3.05, 3.63) is 186 Å². The summed E-state index contributed by atoms with van der Waals surface area (Å²) in [5.74, 6) is 0. The maximum absolute atomic E-state index is 6.82. The smallest absolute Gasteiger partial charge is 0.143 e. The van der Waals surface area contributed by atoms with Crippen LogP contribution in [0.5, 0.6) is 0 Å². The van der Waals surface area contributed by atoms with Crippen molar-refractivity contribution in [2.75, 3.05) is 4.90 Å². The average Bonchev–Trinajstić information content (AvgIpc) is 3.76. The van der Waals surface area contributed by atoms with Crippen LogP contribution in [-0.4, -0.2) is 0 Å². The summed E-state index contributed by atoms with van der Waals surface area (Å²) in [5.41, 5.74) is 17.9. The Balaban J connectivity index is 1.15. The summed E-state index contributed by atoms with van der Waals surface area (Å²) >= 11 is 0. The fourth-order valence-electron chi connectivity index (χ4n) is 9.68. The molecule has 54 heavy (non-hydrogen) atoms. The predicted octanol–water partition coefficient (Wildman–Crippen LogP) is 14.5. The number of benzene rings is 8. The molecule has 0 saturated carbocycles. The third-order valence-electron chi connectivity index (χ3n) is 12.5. The van der Waals surface area contributed by atoms with Crippen LogP contribution >= 0.6 is 0 Å². The van der Waals surface area contributed by atoms with Gasteiger partial charge >= 0.3 is 0 Å². The molecule has 2 nitrogen and oxygen atoms in total. The van der Waals surface area contributed by atoms with Gasteiger partial charge in [0, 0.05) is 44.1 Å². The van der Waals surface area contributed by atoms with Crippen LogP contribution in [0.4, 0.5) is 17.1 Å². The largest absolute Gasteiger partial charge is 0.455 e. The summed E-state index contributed by atoms with van der Waals surface area (Å²) in [5, 5.41) is 4.66. The van der Waals surface area contributed by atoms with Gasteiger partial charge in [0.25, 0.3) is 0 Å². The number of furan rings is 1. The standard InChI is InChI=1S/C52H39NO/c1-51(2)44-21-10-7-16-36(44)38-26-24-34(30-46(38)51)53(35-25-27-39-37-17-8-11-22-45(37)52(3,4)47(39)31-35)48-23-12-9-18-40(48)41-19-13-20-42-43-28-32-14-5-6-15-33(32)29-49(43)54-50(41)42/h5-31H,1-4H3. The van der Waals surface area contributed by atoms with Crippen molar-refractivity contribution in [1.29, 1.82) is 0 Å². The minimum absolute atomic E-state index is 0.127. The van der Waals surface area contributed by atoms with Crippen LogP contribution < -0.4 is 4.90 Å². The second-order valence-corrected chi connectivity index (χ2v) is 16.1. The van der Waals surface area contributed by atoms with E-state index in [4.69, 9.17) is 4.42 Å². The van der Waals surface area contributed by atoms with E-state index in [2.05, 4.69) is 196 Å². The normalized spacial score (nSPS) is 14.6. The first-order valence-corrected chi connectivity index (χ1v) is 19.0. The molecule has 1 heterocycles. The van der Waals surface area contributed by atoms with E-state index < -0.39 is 0 Å². The minimum atomic E-state index is -0.127. The van der Waals surface area contributed by atoms with Crippen molar-refractivity contribution >= 4 is 49.8 Å². The van der Waals surface area contributed by atoms with Gasteiger partial charge in [-0.3, -0.25) is 0 Å². The molecule has 0 saturated heterocycles. The molecular weight excluding hydrogens is 655 g/mol. The Morgan fingerprint density at radius 2 is 0.889 bits per heavy atom. The number of hydrogen-bond acceptors (Lipinski definition) is 2. The van der Waals surface area contributed by atoms with Crippen LogP contribution in [0.3, 0.4) is 0 Å². The highest BCUT2D eigenvalue weighted by atomic mass is 16.3. The maximum Gasteiger partial charge on any atom is 0.143 e. The summed E-state index contributed by atoms with van der Waals surface area (Å²) in [6.07, 6.45) is 0. The molecule has 0 amide bonds. The zero-order chi connectivity index (χ0) is 36.3. The van der Waals surface area contributed by atoms with Crippen molar-refractivity contribution in [1.82, 2.24) is 0 Å². The van der Waals surface area contributed by atoms with E-state index in [0.717, 1.165) is 50.1 Å². The molecule has 0 N–H and O–H groups in total. The molecule has 0 fully saturated rings. The monoisotopic (exact) mass is 693 g/mol. The number of hydrogen-bond donors (Lipinski definition) is 0. The van der Waals surface area contributed by atoms with Gasteiger partial charge in [-0.15, -0.1) is 0 Å². The van der Waals surface area contributed by atoms with Gasteiger partial charge < -0.3 is 9.32 Å². The molecule has 0 radical (unpaired) electrons. The number of fused-ring (bicyclic) bond motifs is 10. The first-order valence-electron chi connectivity index (χ1n) is 19.0. The SMILES string of the molecule is CC1(C)c2ccccc2-c2ccc(N(c3ccc4c(c3)C(C)(C)c3ccccc3-4)c3ccccc3-c3cccc4c3oc3cc5ccccc5cc34)cc21. The second kappa shape index (κ2) is 11.1. The molecule has 11 rings (SSSR count). The van der Waals surface area contributed by atoms with Crippen LogP contribution in [0, 0.1) is 0 Å². The number of anilines is 3. The van der Waals surface area contributed by atoms with Gasteiger partial charge in [-0.2, -0.15) is 0 Å². The van der Waals surface area contributed by atoms with Crippen LogP contribution in [0.2, 0.25) is 0 Å². The molecule has 2 heteroatoms. The molecule has 1 aromatic heterocycles. The van der Waals surface area contributed by atoms with Gasteiger partial charge in [0.15, 0.2) is 0 Å². The number of rotatable bonds is 4. The first kappa shape index (κ1) is 31.2. The Kier molecular flexibility index (Phi) is 6.39.